The molecule has 0 aromatic carbocycles. The van der Waals surface area contributed by atoms with Crippen molar-refractivity contribution in [2.24, 2.45) is 11.3 Å². The second-order valence-electron chi connectivity index (χ2n) is 6.38. The van der Waals surface area contributed by atoms with Crippen LogP contribution in [0.5, 0.6) is 0 Å². The van der Waals surface area contributed by atoms with Crippen LogP contribution >= 0.6 is 0 Å². The number of rotatable bonds is 3. The van der Waals surface area contributed by atoms with Crippen molar-refractivity contribution < 1.29 is 9.59 Å². The minimum Gasteiger partial charge on any atom is -0.346 e. The Morgan fingerprint density at radius 3 is 2.29 bits per heavy atom. The van der Waals surface area contributed by atoms with Crippen LogP contribution in [-0.2, 0) is 9.59 Å². The largest absolute Gasteiger partial charge is 0.346 e. The molecule has 1 fully saturated rings. The van der Waals surface area contributed by atoms with Gasteiger partial charge >= 0.3 is 0 Å². The van der Waals surface area contributed by atoms with Crippen molar-refractivity contribution in [3.05, 3.63) is 0 Å². The van der Waals surface area contributed by atoms with Gasteiger partial charge in [-0.2, -0.15) is 0 Å². The molecule has 0 radical (unpaired) electrons. The highest BCUT2D eigenvalue weighted by Crippen LogP contribution is 2.24. The zero-order chi connectivity index (χ0) is 13.1. The molecular formula is C14H25NO2. The van der Waals surface area contributed by atoms with Gasteiger partial charge in [0.25, 0.3) is 0 Å². The Bertz CT molecular complexity index is 281. The van der Waals surface area contributed by atoms with E-state index in [4.69, 9.17) is 0 Å². The SMILES string of the molecule is CN(CCC(C)(C)C)C(=O)C1CCC(=O)CC1. The summed E-state index contributed by atoms with van der Waals surface area (Å²) in [5, 5.41) is 0. The number of Topliss-reactive ketones (excluding diaryl/α,β-unsaturated/α-hetero) is 1. The maximum absolute atomic E-state index is 12.1. The van der Waals surface area contributed by atoms with Crippen molar-refractivity contribution in [3.8, 4) is 0 Å². The monoisotopic (exact) mass is 239 g/mol. The van der Waals surface area contributed by atoms with Gasteiger partial charge in [-0.05, 0) is 24.7 Å². The van der Waals surface area contributed by atoms with E-state index in [9.17, 15) is 9.59 Å². The van der Waals surface area contributed by atoms with Crippen LogP contribution in [0.3, 0.4) is 0 Å². The Labute approximate surface area is 105 Å². The summed E-state index contributed by atoms with van der Waals surface area (Å²) in [5.41, 5.74) is 0.261. The molecule has 0 spiro atoms. The highest BCUT2D eigenvalue weighted by molar-refractivity contribution is 5.84. The number of carbonyl (C=O) groups excluding carboxylic acids is 2. The lowest BCUT2D eigenvalue weighted by atomic mass is 9.87. The Morgan fingerprint density at radius 2 is 1.82 bits per heavy atom. The minimum absolute atomic E-state index is 0.0812. The van der Waals surface area contributed by atoms with Gasteiger partial charge in [-0.3, -0.25) is 9.59 Å². The second kappa shape index (κ2) is 5.65. The van der Waals surface area contributed by atoms with Crippen molar-refractivity contribution in [3.63, 3.8) is 0 Å². The maximum Gasteiger partial charge on any atom is 0.225 e. The average Bonchev–Trinajstić information content (AvgIpc) is 2.25. The van der Waals surface area contributed by atoms with Crippen LogP contribution in [0.1, 0.15) is 52.9 Å². The molecule has 0 heterocycles. The molecular weight excluding hydrogens is 214 g/mol. The van der Waals surface area contributed by atoms with E-state index in [0.29, 0.717) is 18.6 Å². The van der Waals surface area contributed by atoms with E-state index in [-0.39, 0.29) is 17.2 Å². The molecule has 0 aromatic rings. The topological polar surface area (TPSA) is 37.4 Å². The summed E-state index contributed by atoms with van der Waals surface area (Å²) in [7, 11) is 1.88. The van der Waals surface area contributed by atoms with Crippen LogP contribution in [0.4, 0.5) is 0 Å². The fourth-order valence-electron chi connectivity index (χ4n) is 2.11. The predicted octanol–water partition coefficient (Wildman–Crippen LogP) is 2.64. The lowest BCUT2D eigenvalue weighted by Gasteiger charge is -2.28. The van der Waals surface area contributed by atoms with Gasteiger partial charge in [0.15, 0.2) is 0 Å². The van der Waals surface area contributed by atoms with Gasteiger partial charge in [0.05, 0.1) is 0 Å². The fourth-order valence-corrected chi connectivity index (χ4v) is 2.11. The third kappa shape index (κ3) is 4.88. The van der Waals surface area contributed by atoms with Gasteiger partial charge in [0.2, 0.25) is 5.91 Å². The summed E-state index contributed by atoms with van der Waals surface area (Å²) < 4.78 is 0. The third-order valence-electron chi connectivity index (χ3n) is 3.47. The van der Waals surface area contributed by atoms with E-state index < -0.39 is 0 Å². The molecule has 0 saturated heterocycles. The molecule has 0 unspecified atom stereocenters. The lowest BCUT2D eigenvalue weighted by Crippen LogP contribution is -2.36. The van der Waals surface area contributed by atoms with E-state index in [1.807, 2.05) is 11.9 Å². The zero-order valence-corrected chi connectivity index (χ0v) is 11.6. The molecule has 1 aliphatic carbocycles. The minimum atomic E-state index is 0.0812. The first-order chi connectivity index (χ1) is 7.79. The van der Waals surface area contributed by atoms with Crippen LogP contribution in [0, 0.1) is 11.3 Å². The molecule has 0 aliphatic heterocycles. The summed E-state index contributed by atoms with van der Waals surface area (Å²) in [6.07, 6.45) is 3.68. The molecule has 3 heteroatoms. The smallest absolute Gasteiger partial charge is 0.225 e. The summed E-state index contributed by atoms with van der Waals surface area (Å²) in [4.78, 5) is 25.1. The molecule has 0 N–H and O–H groups in total. The Morgan fingerprint density at radius 1 is 1.29 bits per heavy atom. The summed E-state index contributed by atoms with van der Waals surface area (Å²) in [5.74, 6) is 0.616. The number of hydrogen-bond donors (Lipinski definition) is 0. The van der Waals surface area contributed by atoms with Gasteiger partial charge in [0, 0.05) is 32.4 Å². The van der Waals surface area contributed by atoms with Gasteiger partial charge in [-0.25, -0.2) is 0 Å². The summed E-state index contributed by atoms with van der Waals surface area (Å²) in [6.45, 7) is 7.37. The van der Waals surface area contributed by atoms with E-state index in [0.717, 1.165) is 25.8 Å². The molecule has 3 nitrogen and oxygen atoms in total. The van der Waals surface area contributed by atoms with Crippen molar-refractivity contribution in [1.29, 1.82) is 0 Å². The van der Waals surface area contributed by atoms with Gasteiger partial charge in [-0.15, -0.1) is 0 Å². The number of nitrogens with zero attached hydrogens (tertiary/aromatic N) is 1. The number of hydrogen-bond acceptors (Lipinski definition) is 2. The maximum atomic E-state index is 12.1. The first-order valence-corrected chi connectivity index (χ1v) is 6.56. The van der Waals surface area contributed by atoms with Gasteiger partial charge in [0.1, 0.15) is 5.78 Å². The van der Waals surface area contributed by atoms with E-state index in [2.05, 4.69) is 20.8 Å². The highest BCUT2D eigenvalue weighted by Gasteiger charge is 2.27. The van der Waals surface area contributed by atoms with Crippen LogP contribution in [0.25, 0.3) is 0 Å². The van der Waals surface area contributed by atoms with Crippen LogP contribution in [0.2, 0.25) is 0 Å². The summed E-state index contributed by atoms with van der Waals surface area (Å²) >= 11 is 0. The normalized spacial score (nSPS) is 18.2. The second-order valence-corrected chi connectivity index (χ2v) is 6.38. The third-order valence-corrected chi connectivity index (χ3v) is 3.47. The van der Waals surface area contributed by atoms with E-state index in [1.165, 1.54) is 0 Å². The average molecular weight is 239 g/mol. The molecule has 0 atom stereocenters. The predicted molar refractivity (Wildman–Crippen MR) is 68.7 cm³/mol. The summed E-state index contributed by atoms with van der Waals surface area (Å²) in [6, 6.07) is 0. The molecule has 1 rings (SSSR count). The quantitative estimate of drug-likeness (QED) is 0.759. The van der Waals surface area contributed by atoms with Crippen molar-refractivity contribution >= 4 is 11.7 Å². The number of carbonyl (C=O) groups is 2. The molecule has 1 saturated carbocycles. The Kier molecular flexibility index (Phi) is 4.72. The number of ketones is 1. The van der Waals surface area contributed by atoms with Crippen molar-refractivity contribution in [2.75, 3.05) is 13.6 Å². The van der Waals surface area contributed by atoms with E-state index in [1.54, 1.807) is 0 Å². The highest BCUT2D eigenvalue weighted by atomic mass is 16.2. The van der Waals surface area contributed by atoms with Crippen molar-refractivity contribution in [1.82, 2.24) is 4.90 Å². The van der Waals surface area contributed by atoms with Gasteiger partial charge < -0.3 is 4.90 Å². The molecule has 0 bridgehead atoms. The standard InChI is InChI=1S/C14H25NO2/c1-14(2,3)9-10-15(4)13(17)11-5-7-12(16)8-6-11/h11H,5-10H2,1-4H3. The molecule has 1 amide bonds. The van der Waals surface area contributed by atoms with E-state index >= 15 is 0 Å². The lowest BCUT2D eigenvalue weighted by molar-refractivity contribution is -0.136. The number of amides is 1. The first-order valence-electron chi connectivity index (χ1n) is 6.56. The molecule has 98 valence electrons. The zero-order valence-electron chi connectivity index (χ0n) is 11.6. The molecule has 1 aliphatic rings. The fraction of sp³-hybridized carbons (Fsp3) is 0.857. The Hall–Kier alpha value is -0.860. The van der Waals surface area contributed by atoms with Crippen LogP contribution in [0.15, 0.2) is 0 Å². The van der Waals surface area contributed by atoms with Gasteiger partial charge in [-0.1, -0.05) is 20.8 Å². The van der Waals surface area contributed by atoms with Crippen molar-refractivity contribution in [2.45, 2.75) is 52.9 Å². The van der Waals surface area contributed by atoms with Crippen LogP contribution < -0.4 is 0 Å². The molecule has 17 heavy (non-hydrogen) atoms. The van der Waals surface area contributed by atoms with Crippen LogP contribution in [-0.4, -0.2) is 30.2 Å². The molecule has 0 aromatic heterocycles. The Balaban J connectivity index is 2.38. The first kappa shape index (κ1) is 14.2.